The topological polar surface area (TPSA) is 0 Å². The van der Waals surface area contributed by atoms with Gasteiger partial charge < -0.3 is 6.42 Å². The summed E-state index contributed by atoms with van der Waals surface area (Å²) in [6, 6.07) is 21.7. The molecule has 2 aromatic carbocycles. The molecule has 0 N–H and O–H groups in total. The summed E-state index contributed by atoms with van der Waals surface area (Å²) in [5, 5.41) is 0. The number of hydrogen-bond donors (Lipinski definition) is 0. The summed E-state index contributed by atoms with van der Waals surface area (Å²) >= 11 is 1.51. The maximum atomic E-state index is 2.99. The molecule has 48 heavy (non-hydrogen) atoms. The van der Waals surface area contributed by atoms with E-state index in [1.807, 2.05) is 12.2 Å². The largest absolute Gasteiger partial charge is 0.273 e. The smallest absolute Gasteiger partial charge is 0.109 e. The maximum Gasteiger partial charge on any atom is -0.109 e. The van der Waals surface area contributed by atoms with Crippen LogP contribution in [0.25, 0.3) is 0 Å². The van der Waals surface area contributed by atoms with Gasteiger partial charge in [0.1, 0.15) is 0 Å². The number of allylic oxidation sites excluding steroid dienone is 16. The molecule has 0 nitrogen and oxygen atoms in total. The van der Waals surface area contributed by atoms with Crippen molar-refractivity contribution >= 4 is 28.0 Å². The molecule has 0 spiro atoms. The molecule has 0 heterocycles. The Balaban J connectivity index is 0.000000183. The van der Waals surface area contributed by atoms with Gasteiger partial charge in [0.05, 0.1) is 0 Å². The minimum atomic E-state index is 0. The molecule has 0 saturated heterocycles. The first-order valence-electron chi connectivity index (χ1n) is 17.1. The zero-order chi connectivity index (χ0) is 32.1. The first-order valence-corrected chi connectivity index (χ1v) is 18.4. The van der Waals surface area contributed by atoms with Crippen molar-refractivity contribution < 1.29 is 24.2 Å². The Kier molecular flexibility index (Phi) is 13.7. The zero-order valence-electron chi connectivity index (χ0n) is 28.7. The van der Waals surface area contributed by atoms with Crippen LogP contribution in [0.1, 0.15) is 45.2 Å². The van der Waals surface area contributed by atoms with Gasteiger partial charge in [-0.1, -0.05) is 72.8 Å². The standard InChI is InChI=1S/C21H21.C19H22.C5H5.2ClH.Zr/c1-2-8-15-14(7-1)13-20-18-11-4-3-9-16(18)17-10-5-6-12-19(17)21(15)20;1-18(2,16-11-7-5-8-12-16)15-19(3,4)17-13-9-6-10-14-17;1-2-4-5-3-1;;;/h1-21H;5-14H,1-4H3;1-3H,4H2;2*1H;/q-1;;-1;;;+2. The monoisotopic (exact) mass is 750 g/mol. The van der Waals surface area contributed by atoms with Crippen LogP contribution in [0.5, 0.6) is 0 Å². The van der Waals surface area contributed by atoms with Crippen LogP contribution in [0.15, 0.2) is 152 Å². The van der Waals surface area contributed by atoms with Gasteiger partial charge in [-0.05, 0) is 29.6 Å². The van der Waals surface area contributed by atoms with Gasteiger partial charge in [0.2, 0.25) is 0 Å². The van der Waals surface area contributed by atoms with Crippen LogP contribution in [-0.2, 0) is 35.1 Å². The molecule has 0 aromatic heterocycles. The van der Waals surface area contributed by atoms with E-state index in [0.29, 0.717) is 35.5 Å². The van der Waals surface area contributed by atoms with Crippen LogP contribution in [0.3, 0.4) is 0 Å². The second-order valence-electron chi connectivity index (χ2n) is 14.5. The molecule has 0 radical (unpaired) electrons. The Morgan fingerprint density at radius 3 is 1.54 bits per heavy atom. The van der Waals surface area contributed by atoms with Gasteiger partial charge in [-0.3, -0.25) is 6.08 Å². The first-order chi connectivity index (χ1) is 22.3. The molecule has 6 aliphatic rings. The number of halogens is 2. The summed E-state index contributed by atoms with van der Waals surface area (Å²) in [6.07, 6.45) is 41.0. The van der Waals surface area contributed by atoms with Crippen molar-refractivity contribution in [2.75, 3.05) is 0 Å². The van der Waals surface area contributed by atoms with Crippen LogP contribution in [0, 0.1) is 59.8 Å². The van der Waals surface area contributed by atoms with Gasteiger partial charge in [0.15, 0.2) is 0 Å². The van der Waals surface area contributed by atoms with Crippen LogP contribution < -0.4 is 0 Å². The Bertz CT molecular complexity index is 1540. The molecule has 0 amide bonds. The van der Waals surface area contributed by atoms with Crippen molar-refractivity contribution in [3.05, 3.63) is 175 Å². The fraction of sp³-hybridized carbons (Fsp3) is 0.333. The zero-order valence-corrected chi connectivity index (χ0v) is 32.7. The molecule has 3 heteroatoms. The number of benzene rings is 2. The minimum Gasteiger partial charge on any atom is -0.273 e. The fourth-order valence-corrected chi connectivity index (χ4v) is 9.41. The van der Waals surface area contributed by atoms with Crippen molar-refractivity contribution in [1.29, 1.82) is 0 Å². The molecule has 0 bridgehead atoms. The molecular formula is C45H50Cl2Zr. The van der Waals surface area contributed by atoms with Crippen LogP contribution >= 0.6 is 24.8 Å². The summed E-state index contributed by atoms with van der Waals surface area (Å²) in [4.78, 5) is 0. The summed E-state index contributed by atoms with van der Waals surface area (Å²) < 4.78 is 1.58. The second-order valence-corrected chi connectivity index (χ2v) is 15.7. The molecular weight excluding hydrogens is 703 g/mol. The molecule has 0 aliphatic heterocycles. The third kappa shape index (κ3) is 8.01. The van der Waals surface area contributed by atoms with Gasteiger partial charge in [0, 0.05) is 0 Å². The Labute approximate surface area is 317 Å². The van der Waals surface area contributed by atoms with Crippen molar-refractivity contribution in [3.8, 4) is 0 Å². The van der Waals surface area contributed by atoms with Crippen molar-refractivity contribution in [2.45, 2.75) is 44.9 Å². The molecule has 248 valence electrons. The third-order valence-electron chi connectivity index (χ3n) is 11.2. The fourth-order valence-electron chi connectivity index (χ4n) is 8.70. The molecule has 8 rings (SSSR count). The van der Waals surface area contributed by atoms with E-state index in [1.165, 1.54) is 35.4 Å². The molecule has 8 atom stereocenters. The summed E-state index contributed by atoms with van der Waals surface area (Å²) in [6.45, 7) is 9.38. The van der Waals surface area contributed by atoms with Gasteiger partial charge >= 0.3 is 138 Å². The average Bonchev–Trinajstić information content (AvgIpc) is 3.82. The van der Waals surface area contributed by atoms with Crippen molar-refractivity contribution in [1.82, 2.24) is 0 Å². The van der Waals surface area contributed by atoms with E-state index in [2.05, 4.69) is 180 Å². The van der Waals surface area contributed by atoms with Gasteiger partial charge in [-0.15, -0.1) is 43.2 Å². The van der Waals surface area contributed by atoms with E-state index in [4.69, 9.17) is 0 Å². The Morgan fingerprint density at radius 2 is 1.06 bits per heavy atom. The van der Waals surface area contributed by atoms with Crippen LogP contribution in [-0.4, -0.2) is 3.21 Å². The quantitative estimate of drug-likeness (QED) is 0.273. The van der Waals surface area contributed by atoms with Gasteiger partial charge in [-0.2, -0.15) is 12.0 Å². The average molecular weight is 753 g/mol. The Morgan fingerprint density at radius 1 is 0.604 bits per heavy atom. The second kappa shape index (κ2) is 17.1. The molecule has 6 aliphatic carbocycles. The summed E-state index contributed by atoms with van der Waals surface area (Å²) in [7, 11) is 0. The normalized spacial score (nSPS) is 29.5. The van der Waals surface area contributed by atoms with E-state index in [1.54, 1.807) is 3.21 Å². The summed E-state index contributed by atoms with van der Waals surface area (Å²) in [5.41, 5.74) is 2.99. The van der Waals surface area contributed by atoms with Crippen LogP contribution in [0.4, 0.5) is 0 Å². The maximum absolute atomic E-state index is 2.99. The first kappa shape index (κ1) is 38.5. The predicted octanol–water partition coefficient (Wildman–Crippen LogP) is 11.3. The van der Waals surface area contributed by atoms with Crippen LogP contribution in [0.2, 0.25) is 0 Å². The molecule has 2 saturated carbocycles. The van der Waals surface area contributed by atoms with Gasteiger partial charge in [0.25, 0.3) is 0 Å². The van der Waals surface area contributed by atoms with E-state index in [9.17, 15) is 0 Å². The Hall–Kier alpha value is -2.31. The van der Waals surface area contributed by atoms with Crippen molar-refractivity contribution in [3.63, 3.8) is 0 Å². The van der Waals surface area contributed by atoms with E-state index in [0.717, 1.165) is 18.3 Å². The number of hydrogen-bond acceptors (Lipinski definition) is 0. The van der Waals surface area contributed by atoms with Gasteiger partial charge in [-0.25, -0.2) is 12.2 Å². The third-order valence-corrected chi connectivity index (χ3v) is 14.2. The van der Waals surface area contributed by atoms with Crippen molar-refractivity contribution in [2.24, 2.45) is 47.3 Å². The SMILES string of the molecule is C1=CC2[CH-]C3C4C=CC=CC4C4C=CC=CC4C3C2C=C1.CC(C)([C](=[Zr+2])C(C)(C)c1ccccc1)c1ccccc1.Cl.Cl.[C-]1=CC=CC1. The summed E-state index contributed by atoms with van der Waals surface area (Å²) in [5.74, 6) is 5.66. The minimum absolute atomic E-state index is 0. The van der Waals surface area contributed by atoms with E-state index < -0.39 is 0 Å². The molecule has 8 unspecified atom stereocenters. The molecule has 2 fully saturated rings. The van der Waals surface area contributed by atoms with E-state index >= 15 is 0 Å². The number of rotatable bonds is 4. The van der Waals surface area contributed by atoms with E-state index in [-0.39, 0.29) is 35.6 Å². The molecule has 2 aromatic rings. The predicted molar refractivity (Wildman–Crippen MR) is 207 cm³/mol. The number of fused-ring (bicyclic) bond motifs is 8.